The molecule has 2 heteroatoms. The maximum absolute atomic E-state index is 3.22. The highest BCUT2D eigenvalue weighted by molar-refractivity contribution is 7.99. The van der Waals surface area contributed by atoms with Crippen LogP contribution in [-0.2, 0) is 0 Å². The summed E-state index contributed by atoms with van der Waals surface area (Å²) in [6, 6.07) is 0. The predicted molar refractivity (Wildman–Crippen MR) is 46.3 cm³/mol. The molecule has 0 bridgehead atoms. The molecule has 1 heterocycles. The first-order valence-corrected chi connectivity index (χ1v) is 5.31. The molecule has 2 atom stereocenters. The third kappa shape index (κ3) is 1.08. The van der Waals surface area contributed by atoms with Gasteiger partial charge >= 0.3 is 0 Å². The topological polar surface area (TPSA) is 12.0 Å². The molecule has 10 heavy (non-hydrogen) atoms. The van der Waals surface area contributed by atoms with Crippen LogP contribution in [0, 0.1) is 17.8 Å². The summed E-state index contributed by atoms with van der Waals surface area (Å²) in [6.07, 6.45) is 1.42. The summed E-state index contributed by atoms with van der Waals surface area (Å²) in [7, 11) is 2.05. The highest BCUT2D eigenvalue weighted by Crippen LogP contribution is 2.56. The van der Waals surface area contributed by atoms with E-state index in [1.165, 1.54) is 24.5 Å². The molecule has 0 radical (unpaired) electrons. The molecular weight excluding hydrogens is 142 g/mol. The van der Waals surface area contributed by atoms with Crippen LogP contribution in [0.2, 0.25) is 0 Å². The molecule has 1 aliphatic heterocycles. The van der Waals surface area contributed by atoms with E-state index in [1.54, 1.807) is 0 Å². The molecule has 0 aromatic heterocycles. The zero-order chi connectivity index (χ0) is 6.97. The van der Waals surface area contributed by atoms with E-state index in [-0.39, 0.29) is 0 Å². The number of hydrogen-bond acceptors (Lipinski definition) is 2. The smallest absolute Gasteiger partial charge is 0.00332 e. The van der Waals surface area contributed by atoms with Crippen molar-refractivity contribution < 1.29 is 0 Å². The minimum absolute atomic E-state index is 1.11. The summed E-state index contributed by atoms with van der Waals surface area (Å²) >= 11 is 2.15. The van der Waals surface area contributed by atoms with E-state index < -0.39 is 0 Å². The van der Waals surface area contributed by atoms with E-state index in [0.717, 1.165) is 17.8 Å². The predicted octanol–water partition coefficient (Wildman–Crippen LogP) is 1.20. The average Bonchev–Trinajstić information content (AvgIpc) is 2.46. The number of thioether (sulfide) groups is 1. The largest absolute Gasteiger partial charge is 0.320 e. The van der Waals surface area contributed by atoms with Crippen LogP contribution < -0.4 is 5.32 Å². The van der Waals surface area contributed by atoms with Gasteiger partial charge in [0.15, 0.2) is 0 Å². The molecule has 2 unspecified atom stereocenters. The van der Waals surface area contributed by atoms with Crippen LogP contribution in [0.4, 0.5) is 0 Å². The van der Waals surface area contributed by atoms with Gasteiger partial charge in [0.25, 0.3) is 0 Å². The fourth-order valence-electron chi connectivity index (χ4n) is 2.10. The minimum atomic E-state index is 1.11. The number of nitrogens with one attached hydrogen (secondary N) is 1. The van der Waals surface area contributed by atoms with Gasteiger partial charge in [-0.1, -0.05) is 0 Å². The van der Waals surface area contributed by atoms with Crippen molar-refractivity contribution in [2.75, 3.05) is 25.1 Å². The fraction of sp³-hybridized carbons (Fsp3) is 1.00. The van der Waals surface area contributed by atoms with Gasteiger partial charge in [0.2, 0.25) is 0 Å². The Hall–Kier alpha value is 0.310. The average molecular weight is 157 g/mol. The molecule has 0 aromatic carbocycles. The van der Waals surface area contributed by atoms with E-state index in [0.29, 0.717) is 0 Å². The van der Waals surface area contributed by atoms with Crippen LogP contribution in [0.5, 0.6) is 0 Å². The summed E-state index contributed by atoms with van der Waals surface area (Å²) in [6.45, 7) is 1.22. The number of fused-ring (bicyclic) bond motifs is 1. The molecule has 1 aliphatic carbocycles. The number of hydrogen-bond donors (Lipinski definition) is 1. The summed E-state index contributed by atoms with van der Waals surface area (Å²) in [5.41, 5.74) is 0. The maximum atomic E-state index is 3.22. The van der Waals surface area contributed by atoms with Crippen LogP contribution >= 0.6 is 11.8 Å². The third-order valence-corrected chi connectivity index (χ3v) is 4.10. The van der Waals surface area contributed by atoms with Crippen molar-refractivity contribution in [3.05, 3.63) is 0 Å². The van der Waals surface area contributed by atoms with Gasteiger partial charge in [-0.05, 0) is 49.3 Å². The van der Waals surface area contributed by atoms with Crippen LogP contribution in [0.3, 0.4) is 0 Å². The molecule has 1 nitrogen and oxygen atoms in total. The monoisotopic (exact) mass is 157 g/mol. The molecule has 0 aromatic rings. The lowest BCUT2D eigenvalue weighted by molar-refractivity contribution is 0.617. The van der Waals surface area contributed by atoms with E-state index in [4.69, 9.17) is 0 Å². The Morgan fingerprint density at radius 3 is 2.70 bits per heavy atom. The van der Waals surface area contributed by atoms with Gasteiger partial charge in [0.05, 0.1) is 0 Å². The second kappa shape index (κ2) is 2.74. The van der Waals surface area contributed by atoms with Gasteiger partial charge in [-0.3, -0.25) is 0 Å². The Morgan fingerprint density at radius 2 is 2.10 bits per heavy atom. The first-order valence-electron chi connectivity index (χ1n) is 4.16. The standard InChI is InChI=1S/C8H15NS/c1-9-3-2-6-7-4-10-5-8(6)7/h6-9H,2-5H2,1H3. The zero-order valence-corrected chi connectivity index (χ0v) is 7.29. The van der Waals surface area contributed by atoms with E-state index in [2.05, 4.69) is 17.1 Å². The van der Waals surface area contributed by atoms with Crippen molar-refractivity contribution in [1.29, 1.82) is 0 Å². The molecular formula is C8H15NS. The maximum Gasteiger partial charge on any atom is -0.00332 e. The summed E-state index contributed by atoms with van der Waals surface area (Å²) in [4.78, 5) is 0. The van der Waals surface area contributed by atoms with Crippen molar-refractivity contribution >= 4 is 11.8 Å². The minimum Gasteiger partial charge on any atom is -0.320 e. The van der Waals surface area contributed by atoms with Crippen LogP contribution in [0.15, 0.2) is 0 Å². The highest BCUT2D eigenvalue weighted by atomic mass is 32.2. The zero-order valence-electron chi connectivity index (χ0n) is 6.47. The van der Waals surface area contributed by atoms with Crippen molar-refractivity contribution in [1.82, 2.24) is 5.32 Å². The molecule has 1 saturated heterocycles. The molecule has 2 rings (SSSR count). The SMILES string of the molecule is CNCCC1C2CSCC12. The second-order valence-electron chi connectivity index (χ2n) is 3.42. The van der Waals surface area contributed by atoms with Crippen molar-refractivity contribution in [2.45, 2.75) is 6.42 Å². The van der Waals surface area contributed by atoms with E-state index in [9.17, 15) is 0 Å². The fourth-order valence-corrected chi connectivity index (χ4v) is 3.77. The Bertz CT molecular complexity index is 116. The van der Waals surface area contributed by atoms with Crippen molar-refractivity contribution in [3.63, 3.8) is 0 Å². The molecule has 58 valence electrons. The molecule has 0 amide bonds. The Labute approximate surface area is 67.0 Å². The van der Waals surface area contributed by atoms with Crippen LogP contribution in [-0.4, -0.2) is 25.1 Å². The lowest BCUT2D eigenvalue weighted by atomic mass is 10.2. The first-order chi connectivity index (χ1) is 4.93. The van der Waals surface area contributed by atoms with E-state index >= 15 is 0 Å². The summed E-state index contributed by atoms with van der Waals surface area (Å²) < 4.78 is 0. The third-order valence-electron chi connectivity index (χ3n) is 2.86. The lowest BCUT2D eigenvalue weighted by Gasteiger charge is -2.00. The summed E-state index contributed by atoms with van der Waals surface area (Å²) in [5, 5.41) is 3.22. The van der Waals surface area contributed by atoms with Gasteiger partial charge in [-0.15, -0.1) is 0 Å². The van der Waals surface area contributed by atoms with Gasteiger partial charge in [0.1, 0.15) is 0 Å². The second-order valence-corrected chi connectivity index (χ2v) is 4.50. The molecule has 0 spiro atoms. The van der Waals surface area contributed by atoms with Gasteiger partial charge in [0, 0.05) is 0 Å². The van der Waals surface area contributed by atoms with Crippen molar-refractivity contribution in [2.24, 2.45) is 17.8 Å². The first kappa shape index (κ1) is 6.99. The van der Waals surface area contributed by atoms with E-state index in [1.807, 2.05) is 7.05 Å². The number of rotatable bonds is 3. The van der Waals surface area contributed by atoms with Gasteiger partial charge in [-0.25, -0.2) is 0 Å². The Balaban J connectivity index is 1.69. The van der Waals surface area contributed by atoms with Gasteiger partial charge < -0.3 is 5.32 Å². The quantitative estimate of drug-likeness (QED) is 0.661. The lowest BCUT2D eigenvalue weighted by Crippen LogP contribution is -2.09. The summed E-state index contributed by atoms with van der Waals surface area (Å²) in [5.74, 6) is 6.27. The molecule has 2 aliphatic rings. The Kier molecular flexibility index (Phi) is 1.92. The molecule has 2 fully saturated rings. The molecule has 1 N–H and O–H groups in total. The highest BCUT2D eigenvalue weighted by Gasteiger charge is 2.51. The molecule has 1 saturated carbocycles. The normalized spacial score (nSPS) is 43.5. The van der Waals surface area contributed by atoms with Crippen molar-refractivity contribution in [3.8, 4) is 0 Å². The van der Waals surface area contributed by atoms with Gasteiger partial charge in [-0.2, -0.15) is 11.8 Å². The van der Waals surface area contributed by atoms with Crippen LogP contribution in [0.25, 0.3) is 0 Å². The van der Waals surface area contributed by atoms with Crippen LogP contribution in [0.1, 0.15) is 6.42 Å². The Morgan fingerprint density at radius 1 is 1.40 bits per heavy atom.